The third-order valence-corrected chi connectivity index (χ3v) is 4.71. The number of carbonyl (C=O) groups is 2. The largest absolute Gasteiger partial charge is 0.489 e. The number of allylic oxidation sites excluding steroid dienone is 1. The number of para-hydroxylation sites is 2. The molecule has 29 heavy (non-hydrogen) atoms. The molecule has 7 heteroatoms. The van der Waals surface area contributed by atoms with Gasteiger partial charge in [-0.05, 0) is 36.3 Å². The van der Waals surface area contributed by atoms with Crippen LogP contribution in [0.3, 0.4) is 0 Å². The molecule has 150 valence electrons. The molecule has 3 N–H and O–H groups in total. The van der Waals surface area contributed by atoms with Gasteiger partial charge in [0.1, 0.15) is 18.4 Å². The molecule has 0 spiro atoms. The number of carbonyl (C=O) groups excluding carboxylic acids is 2. The molecule has 0 radical (unpaired) electrons. The van der Waals surface area contributed by atoms with Crippen molar-refractivity contribution in [3.63, 3.8) is 0 Å². The van der Waals surface area contributed by atoms with Gasteiger partial charge in [0.25, 0.3) is 11.8 Å². The maximum Gasteiger partial charge on any atom is 0.267 e. The first kappa shape index (κ1) is 20.1. The normalized spacial score (nSPS) is 16.9. The molecule has 0 fully saturated rings. The second-order valence-corrected chi connectivity index (χ2v) is 6.74. The Balaban J connectivity index is 1.60. The molecule has 1 heterocycles. The van der Waals surface area contributed by atoms with Crippen LogP contribution in [0.2, 0.25) is 0 Å². The van der Waals surface area contributed by atoms with Gasteiger partial charge in [0.2, 0.25) is 0 Å². The summed E-state index contributed by atoms with van der Waals surface area (Å²) in [5.74, 6) is -0.232. The fraction of sp³-hybridized carbons (Fsp3) is 0.227. The van der Waals surface area contributed by atoms with Gasteiger partial charge in [-0.25, -0.2) is 0 Å². The van der Waals surface area contributed by atoms with Crippen LogP contribution in [0.4, 0.5) is 5.69 Å². The Hall–Kier alpha value is -3.61. The quantitative estimate of drug-likeness (QED) is 0.600. The molecule has 0 saturated carbocycles. The molecule has 0 unspecified atom stereocenters. The van der Waals surface area contributed by atoms with Crippen LogP contribution in [0.25, 0.3) is 0 Å². The van der Waals surface area contributed by atoms with Crippen molar-refractivity contribution in [1.29, 1.82) is 0 Å². The summed E-state index contributed by atoms with van der Waals surface area (Å²) in [6.07, 6.45) is 2.92. The van der Waals surface area contributed by atoms with E-state index in [1.807, 2.05) is 43.3 Å². The molecule has 0 saturated heterocycles. The van der Waals surface area contributed by atoms with Gasteiger partial charge in [-0.2, -0.15) is 0 Å². The summed E-state index contributed by atoms with van der Waals surface area (Å²) in [5.41, 5.74) is 8.71. The molecule has 1 atom stereocenters. The van der Waals surface area contributed by atoms with Gasteiger partial charge in [-0.1, -0.05) is 36.4 Å². The summed E-state index contributed by atoms with van der Waals surface area (Å²) < 4.78 is 5.68. The highest BCUT2D eigenvalue weighted by atomic mass is 16.5. The van der Waals surface area contributed by atoms with Gasteiger partial charge < -0.3 is 20.7 Å². The van der Waals surface area contributed by atoms with Crippen LogP contribution in [0.5, 0.6) is 5.75 Å². The average Bonchev–Trinajstić information content (AvgIpc) is 2.84. The van der Waals surface area contributed by atoms with Crippen LogP contribution in [0.1, 0.15) is 11.1 Å². The zero-order chi connectivity index (χ0) is 20.8. The van der Waals surface area contributed by atoms with Gasteiger partial charge in [-0.15, -0.1) is 0 Å². The van der Waals surface area contributed by atoms with Crippen LogP contribution >= 0.6 is 0 Å². The third kappa shape index (κ3) is 4.82. The SMILES string of the molecule is Cc1ccccc1CN=CC=C(N)C(=O)N[C@H]1COc2ccccc2N(C)C1=O. The summed E-state index contributed by atoms with van der Waals surface area (Å²) in [6, 6.07) is 14.3. The van der Waals surface area contributed by atoms with Crippen molar-refractivity contribution < 1.29 is 14.3 Å². The second kappa shape index (κ2) is 9.05. The number of nitrogens with one attached hydrogen (secondary N) is 1. The van der Waals surface area contributed by atoms with Crippen LogP contribution < -0.4 is 20.7 Å². The van der Waals surface area contributed by atoms with Crippen LogP contribution in [-0.4, -0.2) is 37.7 Å². The van der Waals surface area contributed by atoms with Crippen LogP contribution in [0.15, 0.2) is 65.3 Å². The number of nitrogens with two attached hydrogens (primary N) is 1. The molecule has 1 aliphatic rings. The molecule has 0 bridgehead atoms. The Morgan fingerprint density at radius 2 is 2.00 bits per heavy atom. The van der Waals surface area contributed by atoms with Crippen molar-refractivity contribution >= 4 is 23.7 Å². The molecule has 2 amide bonds. The van der Waals surface area contributed by atoms with Crippen molar-refractivity contribution in [2.75, 3.05) is 18.6 Å². The molecule has 0 aliphatic carbocycles. The minimum atomic E-state index is -0.837. The number of ether oxygens (including phenoxy) is 1. The van der Waals surface area contributed by atoms with E-state index >= 15 is 0 Å². The lowest BCUT2D eigenvalue weighted by Crippen LogP contribution is -2.50. The molecule has 3 rings (SSSR count). The lowest BCUT2D eigenvalue weighted by molar-refractivity contribution is -0.126. The maximum absolute atomic E-state index is 12.7. The predicted molar refractivity (Wildman–Crippen MR) is 113 cm³/mol. The highest BCUT2D eigenvalue weighted by molar-refractivity contribution is 6.03. The first-order chi connectivity index (χ1) is 14.0. The second-order valence-electron chi connectivity index (χ2n) is 6.74. The van der Waals surface area contributed by atoms with E-state index in [1.165, 1.54) is 17.2 Å². The van der Waals surface area contributed by atoms with Crippen LogP contribution in [0, 0.1) is 6.92 Å². The molecular weight excluding hydrogens is 368 g/mol. The molecule has 0 aromatic heterocycles. The van der Waals surface area contributed by atoms with Crippen molar-refractivity contribution in [3.8, 4) is 5.75 Å². The number of hydrogen-bond donors (Lipinski definition) is 2. The summed E-state index contributed by atoms with van der Waals surface area (Å²) in [6.45, 7) is 2.54. The Morgan fingerprint density at radius 3 is 2.79 bits per heavy atom. The summed E-state index contributed by atoms with van der Waals surface area (Å²) >= 11 is 0. The lowest BCUT2D eigenvalue weighted by Gasteiger charge is -2.20. The van der Waals surface area contributed by atoms with Crippen molar-refractivity contribution in [1.82, 2.24) is 5.32 Å². The van der Waals surface area contributed by atoms with Gasteiger partial charge >= 0.3 is 0 Å². The third-order valence-electron chi connectivity index (χ3n) is 4.71. The predicted octanol–water partition coefficient (Wildman–Crippen LogP) is 1.95. The van der Waals surface area contributed by atoms with Crippen molar-refractivity contribution in [3.05, 3.63) is 71.4 Å². The van der Waals surface area contributed by atoms with Gasteiger partial charge in [0.15, 0.2) is 0 Å². The zero-order valence-electron chi connectivity index (χ0n) is 16.5. The standard InChI is InChI=1S/C22H24N4O3/c1-15-7-3-4-8-16(15)13-24-12-11-17(23)21(27)25-18-14-29-20-10-6-5-9-19(20)26(2)22(18)28/h3-12,18H,13-14,23H2,1-2H3,(H,25,27)/t18-/m0/s1. The fourth-order valence-electron chi connectivity index (χ4n) is 2.95. The van der Waals surface area contributed by atoms with E-state index in [9.17, 15) is 9.59 Å². The van der Waals surface area contributed by atoms with Crippen molar-refractivity contribution in [2.45, 2.75) is 19.5 Å². The number of rotatable bonds is 5. The number of nitrogens with zero attached hydrogens (tertiary/aromatic N) is 2. The minimum absolute atomic E-state index is 0.0284. The Bertz CT molecular complexity index is 968. The monoisotopic (exact) mass is 392 g/mol. The number of likely N-dealkylation sites (N-methyl/N-ethyl adjacent to an activating group) is 1. The average molecular weight is 392 g/mol. The molecule has 1 aliphatic heterocycles. The Kier molecular flexibility index (Phi) is 6.29. The summed E-state index contributed by atoms with van der Waals surface area (Å²) in [5, 5.41) is 2.63. The molecule has 2 aromatic rings. The highest BCUT2D eigenvalue weighted by Gasteiger charge is 2.30. The Morgan fingerprint density at radius 1 is 1.28 bits per heavy atom. The Labute approximate surface area is 169 Å². The zero-order valence-corrected chi connectivity index (χ0v) is 16.5. The number of amides is 2. The van der Waals surface area contributed by atoms with E-state index in [-0.39, 0.29) is 18.2 Å². The number of hydrogen-bond acceptors (Lipinski definition) is 5. The molecular formula is C22H24N4O3. The minimum Gasteiger partial charge on any atom is -0.489 e. The molecule has 7 nitrogen and oxygen atoms in total. The topological polar surface area (TPSA) is 97.0 Å². The van der Waals surface area contributed by atoms with E-state index in [0.29, 0.717) is 18.0 Å². The lowest BCUT2D eigenvalue weighted by atomic mass is 10.1. The van der Waals surface area contributed by atoms with Crippen LogP contribution in [-0.2, 0) is 16.1 Å². The first-order valence-electron chi connectivity index (χ1n) is 9.27. The highest BCUT2D eigenvalue weighted by Crippen LogP contribution is 2.29. The number of aliphatic imine (C=N–C) groups is 1. The smallest absolute Gasteiger partial charge is 0.267 e. The summed E-state index contributed by atoms with van der Waals surface area (Å²) in [7, 11) is 1.65. The van der Waals surface area contributed by atoms with Gasteiger partial charge in [-0.3, -0.25) is 14.6 Å². The first-order valence-corrected chi connectivity index (χ1v) is 9.27. The van der Waals surface area contributed by atoms with E-state index in [4.69, 9.17) is 10.5 Å². The number of aryl methyl sites for hydroxylation is 1. The van der Waals surface area contributed by atoms with E-state index in [1.54, 1.807) is 19.2 Å². The van der Waals surface area contributed by atoms with Gasteiger partial charge in [0.05, 0.1) is 17.9 Å². The molecule has 2 aromatic carbocycles. The van der Waals surface area contributed by atoms with E-state index in [0.717, 1.165) is 11.1 Å². The number of anilines is 1. The summed E-state index contributed by atoms with van der Waals surface area (Å²) in [4.78, 5) is 30.8. The van der Waals surface area contributed by atoms with Crippen molar-refractivity contribution in [2.24, 2.45) is 10.7 Å². The van der Waals surface area contributed by atoms with E-state index < -0.39 is 11.9 Å². The fourth-order valence-corrected chi connectivity index (χ4v) is 2.95. The maximum atomic E-state index is 12.7. The van der Waals surface area contributed by atoms with E-state index in [2.05, 4.69) is 10.3 Å². The number of fused-ring (bicyclic) bond motifs is 1. The van der Waals surface area contributed by atoms with Gasteiger partial charge in [0, 0.05) is 13.3 Å². The number of benzene rings is 2.